The number of amides is 1. The van der Waals surface area contributed by atoms with Gasteiger partial charge in [0.05, 0.1) is 6.10 Å². The molecule has 2 atom stereocenters. The van der Waals surface area contributed by atoms with E-state index < -0.39 is 23.9 Å². The summed E-state index contributed by atoms with van der Waals surface area (Å²) in [5, 5.41) is 17.4. The summed E-state index contributed by atoms with van der Waals surface area (Å²) in [6.45, 7) is 1.19. The van der Waals surface area contributed by atoms with Crippen molar-refractivity contribution in [2.45, 2.75) is 19.1 Å². The maximum absolute atomic E-state index is 10.6. The molecule has 0 saturated heterocycles. The standard InChI is InChI=1S/C5H10N2O4/c1-2(8)3(9)4(10)5(11)7-6/h2-3,8-9H,6H2,1H3,(H,7,11)/t2?,3-/m0/s1. The number of hydrogen-bond donors (Lipinski definition) is 4. The van der Waals surface area contributed by atoms with Gasteiger partial charge in [0.1, 0.15) is 6.10 Å². The van der Waals surface area contributed by atoms with Crippen LogP contribution in [0.2, 0.25) is 0 Å². The van der Waals surface area contributed by atoms with Crippen LogP contribution in [0.15, 0.2) is 0 Å². The molecule has 0 heterocycles. The third-order valence-corrected chi connectivity index (χ3v) is 1.08. The molecule has 0 aromatic rings. The lowest BCUT2D eigenvalue weighted by atomic mass is 10.1. The molecule has 0 bridgehead atoms. The second-order valence-corrected chi connectivity index (χ2v) is 2.02. The fraction of sp³-hybridized carbons (Fsp3) is 0.600. The van der Waals surface area contributed by atoms with Gasteiger partial charge >= 0.3 is 5.91 Å². The van der Waals surface area contributed by atoms with E-state index in [1.54, 1.807) is 5.43 Å². The molecule has 6 heteroatoms. The smallest absolute Gasteiger partial charge is 0.304 e. The van der Waals surface area contributed by atoms with Crippen molar-refractivity contribution in [2.24, 2.45) is 5.84 Å². The average molecular weight is 162 g/mol. The number of ketones is 1. The molecule has 64 valence electrons. The van der Waals surface area contributed by atoms with Gasteiger partial charge in [-0.3, -0.25) is 15.0 Å². The van der Waals surface area contributed by atoms with Crippen LogP contribution in [-0.4, -0.2) is 34.1 Å². The number of Topliss-reactive ketones (excluding diaryl/α,β-unsaturated/α-hetero) is 1. The second-order valence-electron chi connectivity index (χ2n) is 2.02. The number of aliphatic hydroxyl groups is 2. The van der Waals surface area contributed by atoms with Crippen molar-refractivity contribution < 1.29 is 19.8 Å². The van der Waals surface area contributed by atoms with Crippen LogP contribution < -0.4 is 11.3 Å². The molecule has 1 amide bonds. The van der Waals surface area contributed by atoms with Crippen LogP contribution in [0.1, 0.15) is 6.92 Å². The topological polar surface area (TPSA) is 113 Å². The Labute approximate surface area is 63.0 Å². The predicted molar refractivity (Wildman–Crippen MR) is 35.0 cm³/mol. The first-order chi connectivity index (χ1) is 5.00. The highest BCUT2D eigenvalue weighted by Gasteiger charge is 2.25. The highest BCUT2D eigenvalue weighted by atomic mass is 16.3. The lowest BCUT2D eigenvalue weighted by molar-refractivity contribution is -0.146. The van der Waals surface area contributed by atoms with Crippen molar-refractivity contribution in [3.63, 3.8) is 0 Å². The Morgan fingerprint density at radius 2 is 1.91 bits per heavy atom. The largest absolute Gasteiger partial charge is 0.390 e. The molecule has 1 unspecified atom stereocenters. The molecule has 0 rings (SSSR count). The highest BCUT2D eigenvalue weighted by molar-refractivity contribution is 6.37. The summed E-state index contributed by atoms with van der Waals surface area (Å²) in [6, 6.07) is 0. The number of nitrogens with one attached hydrogen (secondary N) is 1. The minimum Gasteiger partial charge on any atom is -0.390 e. The molecular weight excluding hydrogens is 152 g/mol. The maximum Gasteiger partial charge on any atom is 0.304 e. The molecule has 0 spiro atoms. The molecule has 0 radical (unpaired) electrons. The van der Waals surface area contributed by atoms with E-state index >= 15 is 0 Å². The fourth-order valence-electron chi connectivity index (χ4n) is 0.425. The average Bonchev–Trinajstić information content (AvgIpc) is 2.00. The summed E-state index contributed by atoms with van der Waals surface area (Å²) >= 11 is 0. The minimum absolute atomic E-state index is 1.13. The summed E-state index contributed by atoms with van der Waals surface area (Å²) in [7, 11) is 0. The van der Waals surface area contributed by atoms with Crippen LogP contribution in [0.4, 0.5) is 0 Å². The zero-order valence-electron chi connectivity index (χ0n) is 5.94. The van der Waals surface area contributed by atoms with Gasteiger partial charge in [-0.25, -0.2) is 5.84 Å². The minimum atomic E-state index is -1.71. The van der Waals surface area contributed by atoms with Crippen molar-refractivity contribution in [2.75, 3.05) is 0 Å². The van der Waals surface area contributed by atoms with Gasteiger partial charge in [-0.1, -0.05) is 0 Å². The Balaban J connectivity index is 4.14. The second kappa shape index (κ2) is 4.02. The number of carbonyl (C=O) groups is 2. The first-order valence-corrected chi connectivity index (χ1v) is 2.91. The van der Waals surface area contributed by atoms with E-state index in [0.717, 1.165) is 0 Å². The lowest BCUT2D eigenvalue weighted by Gasteiger charge is -2.09. The van der Waals surface area contributed by atoms with Crippen molar-refractivity contribution in [1.29, 1.82) is 0 Å². The first kappa shape index (κ1) is 10.0. The lowest BCUT2D eigenvalue weighted by Crippen LogP contribution is -2.45. The molecule has 0 aromatic heterocycles. The number of hydrogen-bond acceptors (Lipinski definition) is 5. The Bertz CT molecular complexity index is 168. The highest BCUT2D eigenvalue weighted by Crippen LogP contribution is 1.92. The molecule has 0 fully saturated rings. The predicted octanol–water partition coefficient (Wildman–Crippen LogP) is -2.71. The van der Waals surface area contributed by atoms with Gasteiger partial charge in [0, 0.05) is 0 Å². The van der Waals surface area contributed by atoms with Crippen LogP contribution in [0.3, 0.4) is 0 Å². The summed E-state index contributed by atoms with van der Waals surface area (Å²) in [5.41, 5.74) is 1.54. The van der Waals surface area contributed by atoms with Gasteiger partial charge in [-0.05, 0) is 6.92 Å². The Kier molecular flexibility index (Phi) is 3.66. The molecule has 5 N–H and O–H groups in total. The summed E-state index contributed by atoms with van der Waals surface area (Å²) < 4.78 is 0. The normalized spacial score (nSPS) is 15.3. The molecule has 11 heavy (non-hydrogen) atoms. The fourth-order valence-corrected chi connectivity index (χ4v) is 0.425. The molecule has 6 nitrogen and oxygen atoms in total. The molecule has 0 saturated carbocycles. The third kappa shape index (κ3) is 2.62. The van der Waals surface area contributed by atoms with Crippen LogP contribution >= 0.6 is 0 Å². The summed E-state index contributed by atoms with van der Waals surface area (Å²) in [6.07, 6.45) is -2.99. The Hall–Kier alpha value is -0.980. The Morgan fingerprint density at radius 3 is 2.18 bits per heavy atom. The molecule has 0 aromatic carbocycles. The number of carbonyl (C=O) groups excluding carboxylic acids is 2. The number of aliphatic hydroxyl groups excluding tert-OH is 2. The quantitative estimate of drug-likeness (QED) is 0.156. The van der Waals surface area contributed by atoms with Gasteiger partial charge in [0.25, 0.3) is 5.78 Å². The van der Waals surface area contributed by atoms with E-state index in [4.69, 9.17) is 10.2 Å². The van der Waals surface area contributed by atoms with Crippen LogP contribution in [0.5, 0.6) is 0 Å². The van der Waals surface area contributed by atoms with E-state index in [-0.39, 0.29) is 0 Å². The third-order valence-electron chi connectivity index (χ3n) is 1.08. The SMILES string of the molecule is CC(O)[C@H](O)C(=O)C(=O)NN. The van der Waals surface area contributed by atoms with Crippen molar-refractivity contribution in [3.8, 4) is 0 Å². The van der Waals surface area contributed by atoms with Crippen LogP contribution in [-0.2, 0) is 9.59 Å². The summed E-state index contributed by atoms with van der Waals surface area (Å²) in [4.78, 5) is 21.0. The summed E-state index contributed by atoms with van der Waals surface area (Å²) in [5.74, 6) is 2.32. The van der Waals surface area contributed by atoms with Gasteiger partial charge in [0.15, 0.2) is 0 Å². The van der Waals surface area contributed by atoms with Gasteiger partial charge < -0.3 is 10.2 Å². The van der Waals surface area contributed by atoms with E-state index in [2.05, 4.69) is 5.84 Å². The Morgan fingerprint density at radius 1 is 1.45 bits per heavy atom. The van der Waals surface area contributed by atoms with Gasteiger partial charge in [-0.15, -0.1) is 0 Å². The van der Waals surface area contributed by atoms with Gasteiger partial charge in [0.2, 0.25) is 0 Å². The first-order valence-electron chi connectivity index (χ1n) is 2.91. The van der Waals surface area contributed by atoms with Crippen molar-refractivity contribution in [1.82, 2.24) is 5.43 Å². The zero-order chi connectivity index (χ0) is 9.02. The molecule has 0 aliphatic carbocycles. The zero-order valence-corrected chi connectivity index (χ0v) is 5.94. The van der Waals surface area contributed by atoms with Crippen LogP contribution in [0, 0.1) is 0 Å². The van der Waals surface area contributed by atoms with E-state index in [9.17, 15) is 9.59 Å². The maximum atomic E-state index is 10.6. The number of hydrazine groups is 1. The monoisotopic (exact) mass is 162 g/mol. The van der Waals surface area contributed by atoms with E-state index in [0.29, 0.717) is 0 Å². The molecular formula is C5H10N2O4. The molecule has 0 aliphatic heterocycles. The van der Waals surface area contributed by atoms with Crippen molar-refractivity contribution in [3.05, 3.63) is 0 Å². The number of rotatable bonds is 3. The van der Waals surface area contributed by atoms with Gasteiger partial charge in [-0.2, -0.15) is 0 Å². The van der Waals surface area contributed by atoms with E-state index in [1.807, 2.05) is 0 Å². The van der Waals surface area contributed by atoms with Crippen molar-refractivity contribution >= 4 is 11.7 Å². The van der Waals surface area contributed by atoms with E-state index in [1.165, 1.54) is 6.92 Å². The molecule has 0 aliphatic rings. The van der Waals surface area contributed by atoms with Crippen LogP contribution in [0.25, 0.3) is 0 Å². The number of nitrogens with two attached hydrogens (primary N) is 1.